The molecule has 0 unspecified atom stereocenters. The third-order valence-electron chi connectivity index (χ3n) is 2.33. The van der Waals surface area contributed by atoms with Crippen molar-refractivity contribution in [2.75, 3.05) is 18.9 Å². The van der Waals surface area contributed by atoms with Gasteiger partial charge in [-0.25, -0.2) is 4.98 Å². The highest BCUT2D eigenvalue weighted by Gasteiger charge is 2.05. The molecule has 0 atom stereocenters. The molecule has 5 nitrogen and oxygen atoms in total. The van der Waals surface area contributed by atoms with E-state index in [1.165, 1.54) is 6.20 Å². The van der Waals surface area contributed by atoms with Crippen LogP contribution in [0.15, 0.2) is 18.3 Å². The number of carbonyl (C=O) groups excluding carboxylic acids is 1. The smallest absolute Gasteiger partial charge is 0.269 e. The number of nitrogen functional groups attached to an aromatic ring is 1. The van der Waals surface area contributed by atoms with Crippen molar-refractivity contribution in [3.63, 3.8) is 0 Å². The second kappa shape index (κ2) is 7.66. The van der Waals surface area contributed by atoms with E-state index in [-0.39, 0.29) is 12.0 Å². The number of aromatic nitrogens is 1. The van der Waals surface area contributed by atoms with Crippen LogP contribution in [0.25, 0.3) is 0 Å². The van der Waals surface area contributed by atoms with Crippen LogP contribution >= 0.6 is 0 Å². The molecule has 0 aliphatic carbocycles. The van der Waals surface area contributed by atoms with Crippen LogP contribution < -0.4 is 11.1 Å². The Hall–Kier alpha value is -1.62. The lowest BCUT2D eigenvalue weighted by atomic mass is 10.3. The van der Waals surface area contributed by atoms with E-state index in [2.05, 4.69) is 10.3 Å². The van der Waals surface area contributed by atoms with Gasteiger partial charge in [-0.15, -0.1) is 0 Å². The summed E-state index contributed by atoms with van der Waals surface area (Å²) in [6, 6.07) is 3.28. The summed E-state index contributed by atoms with van der Waals surface area (Å²) in [6.07, 6.45) is 3.57. The first-order valence-electron chi connectivity index (χ1n) is 6.21. The van der Waals surface area contributed by atoms with Crippen molar-refractivity contribution >= 4 is 11.6 Å². The Balaban J connectivity index is 2.16. The van der Waals surface area contributed by atoms with Gasteiger partial charge >= 0.3 is 0 Å². The van der Waals surface area contributed by atoms with Crippen LogP contribution in [-0.2, 0) is 4.74 Å². The molecule has 100 valence electrons. The molecule has 5 heteroatoms. The molecule has 1 aromatic heterocycles. The lowest BCUT2D eigenvalue weighted by Crippen LogP contribution is -2.25. The van der Waals surface area contributed by atoms with Crippen LogP contribution in [0.4, 0.5) is 5.69 Å². The van der Waals surface area contributed by atoms with Gasteiger partial charge in [0.2, 0.25) is 0 Å². The van der Waals surface area contributed by atoms with Crippen molar-refractivity contribution < 1.29 is 9.53 Å². The standard InChI is InChI=1S/C13H21N3O2/c1-10(2)18-8-4-3-7-15-13(17)12-6-5-11(14)9-16-12/h5-6,9-10H,3-4,7-8,14H2,1-2H3,(H,15,17). The minimum Gasteiger partial charge on any atom is -0.397 e. The molecule has 0 saturated heterocycles. The molecule has 0 aliphatic heterocycles. The molecular weight excluding hydrogens is 230 g/mol. The van der Waals surface area contributed by atoms with Crippen molar-refractivity contribution in [2.45, 2.75) is 32.8 Å². The number of nitrogens with zero attached hydrogens (tertiary/aromatic N) is 1. The van der Waals surface area contributed by atoms with Crippen LogP contribution in [0.2, 0.25) is 0 Å². The van der Waals surface area contributed by atoms with Gasteiger partial charge in [-0.1, -0.05) is 0 Å². The molecule has 0 radical (unpaired) electrons. The van der Waals surface area contributed by atoms with Crippen molar-refractivity contribution in [1.82, 2.24) is 10.3 Å². The van der Waals surface area contributed by atoms with E-state index in [1.54, 1.807) is 12.1 Å². The van der Waals surface area contributed by atoms with Gasteiger partial charge in [-0.3, -0.25) is 4.79 Å². The zero-order chi connectivity index (χ0) is 13.4. The average molecular weight is 251 g/mol. The second-order valence-corrected chi connectivity index (χ2v) is 4.36. The lowest BCUT2D eigenvalue weighted by molar-refractivity contribution is 0.0754. The number of carbonyl (C=O) groups is 1. The monoisotopic (exact) mass is 251 g/mol. The highest BCUT2D eigenvalue weighted by molar-refractivity contribution is 5.92. The first-order valence-corrected chi connectivity index (χ1v) is 6.21. The summed E-state index contributed by atoms with van der Waals surface area (Å²) in [4.78, 5) is 15.6. The van der Waals surface area contributed by atoms with Crippen molar-refractivity contribution in [2.24, 2.45) is 0 Å². The molecular formula is C13H21N3O2. The number of pyridine rings is 1. The number of nitrogens with two attached hydrogens (primary N) is 1. The summed E-state index contributed by atoms with van der Waals surface area (Å²) < 4.78 is 5.41. The van der Waals surface area contributed by atoms with Crippen LogP contribution in [0.1, 0.15) is 37.2 Å². The number of amides is 1. The lowest BCUT2D eigenvalue weighted by Gasteiger charge is -2.07. The van der Waals surface area contributed by atoms with Gasteiger partial charge in [0.05, 0.1) is 18.0 Å². The third kappa shape index (κ3) is 5.63. The van der Waals surface area contributed by atoms with Gasteiger partial charge in [0.1, 0.15) is 5.69 Å². The first kappa shape index (κ1) is 14.4. The van der Waals surface area contributed by atoms with Gasteiger partial charge < -0.3 is 15.8 Å². The van der Waals surface area contributed by atoms with Crippen molar-refractivity contribution in [3.05, 3.63) is 24.0 Å². The fourth-order valence-electron chi connectivity index (χ4n) is 1.38. The largest absolute Gasteiger partial charge is 0.397 e. The summed E-state index contributed by atoms with van der Waals surface area (Å²) in [6.45, 7) is 5.38. The SMILES string of the molecule is CC(C)OCCCCNC(=O)c1ccc(N)cn1. The maximum atomic E-state index is 11.7. The molecule has 0 aromatic carbocycles. The number of hydrogen-bond acceptors (Lipinski definition) is 4. The van der Waals surface area contributed by atoms with E-state index >= 15 is 0 Å². The molecule has 0 aliphatic rings. The molecule has 1 heterocycles. The predicted molar refractivity (Wildman–Crippen MR) is 71.3 cm³/mol. The van der Waals surface area contributed by atoms with Gasteiger partial charge in [0, 0.05) is 13.2 Å². The maximum absolute atomic E-state index is 11.7. The summed E-state index contributed by atoms with van der Waals surface area (Å²) in [5.41, 5.74) is 6.44. The van der Waals surface area contributed by atoms with Crippen LogP contribution in [0, 0.1) is 0 Å². The second-order valence-electron chi connectivity index (χ2n) is 4.36. The molecule has 1 amide bonds. The topological polar surface area (TPSA) is 77.2 Å². The highest BCUT2D eigenvalue weighted by Crippen LogP contribution is 2.01. The zero-order valence-corrected chi connectivity index (χ0v) is 11.0. The third-order valence-corrected chi connectivity index (χ3v) is 2.33. The minimum absolute atomic E-state index is 0.167. The number of nitrogens with one attached hydrogen (secondary N) is 1. The van der Waals surface area contributed by atoms with Crippen molar-refractivity contribution in [1.29, 1.82) is 0 Å². The Labute approximate surface area is 108 Å². The van der Waals surface area contributed by atoms with E-state index in [9.17, 15) is 4.79 Å². The number of rotatable bonds is 7. The molecule has 3 N–H and O–H groups in total. The first-order chi connectivity index (χ1) is 8.59. The van der Waals surface area contributed by atoms with Crippen molar-refractivity contribution in [3.8, 4) is 0 Å². The molecule has 18 heavy (non-hydrogen) atoms. The number of anilines is 1. The summed E-state index contributed by atoms with van der Waals surface area (Å²) >= 11 is 0. The van der Waals surface area contributed by atoms with Gasteiger partial charge in [-0.2, -0.15) is 0 Å². The number of unbranched alkanes of at least 4 members (excludes halogenated alkanes) is 1. The van der Waals surface area contributed by atoms with Gasteiger partial charge in [0.15, 0.2) is 0 Å². The normalized spacial score (nSPS) is 10.6. The Kier molecular flexibility index (Phi) is 6.14. The maximum Gasteiger partial charge on any atom is 0.269 e. The zero-order valence-electron chi connectivity index (χ0n) is 11.0. The fraction of sp³-hybridized carbons (Fsp3) is 0.538. The Bertz CT molecular complexity index is 363. The molecule has 0 fully saturated rings. The number of ether oxygens (including phenoxy) is 1. The Morgan fingerprint density at radius 1 is 1.44 bits per heavy atom. The summed E-state index contributed by atoms with van der Waals surface area (Å²) in [5.74, 6) is -0.167. The van der Waals surface area contributed by atoms with E-state index < -0.39 is 0 Å². The van der Waals surface area contributed by atoms with E-state index in [0.29, 0.717) is 17.9 Å². The summed E-state index contributed by atoms with van der Waals surface area (Å²) in [5, 5.41) is 2.81. The van der Waals surface area contributed by atoms with Crippen LogP contribution in [0.3, 0.4) is 0 Å². The van der Waals surface area contributed by atoms with Crippen LogP contribution in [0.5, 0.6) is 0 Å². The van der Waals surface area contributed by atoms with E-state index in [1.807, 2.05) is 13.8 Å². The number of hydrogen-bond donors (Lipinski definition) is 2. The van der Waals surface area contributed by atoms with Crippen LogP contribution in [-0.4, -0.2) is 30.1 Å². The highest BCUT2D eigenvalue weighted by atomic mass is 16.5. The minimum atomic E-state index is -0.167. The molecule has 0 bridgehead atoms. The quantitative estimate of drug-likeness (QED) is 0.722. The summed E-state index contributed by atoms with van der Waals surface area (Å²) in [7, 11) is 0. The Morgan fingerprint density at radius 2 is 2.22 bits per heavy atom. The molecule has 0 spiro atoms. The average Bonchev–Trinajstić information content (AvgIpc) is 2.34. The molecule has 1 rings (SSSR count). The molecule has 1 aromatic rings. The van der Waals surface area contributed by atoms with E-state index in [0.717, 1.165) is 19.4 Å². The van der Waals surface area contributed by atoms with E-state index in [4.69, 9.17) is 10.5 Å². The fourth-order valence-corrected chi connectivity index (χ4v) is 1.38. The Morgan fingerprint density at radius 3 is 2.83 bits per heavy atom. The van der Waals surface area contributed by atoms with Gasteiger partial charge in [-0.05, 0) is 38.8 Å². The predicted octanol–water partition coefficient (Wildman–Crippen LogP) is 1.60. The molecule has 0 saturated carbocycles. The van der Waals surface area contributed by atoms with Gasteiger partial charge in [0.25, 0.3) is 5.91 Å².